The lowest BCUT2D eigenvalue weighted by atomic mass is 9.76. The maximum Gasteiger partial charge on any atom is 0.000996 e. The summed E-state index contributed by atoms with van der Waals surface area (Å²) in [7, 11) is 2.25. The summed E-state index contributed by atoms with van der Waals surface area (Å²) in [6.45, 7) is 3.57. The zero-order valence-corrected chi connectivity index (χ0v) is 8.00. The van der Waals surface area contributed by atoms with Crippen LogP contribution < -0.4 is 5.73 Å². The van der Waals surface area contributed by atoms with Crippen LogP contribution in [0.3, 0.4) is 0 Å². The van der Waals surface area contributed by atoms with Crippen LogP contribution in [-0.2, 0) is 0 Å². The molecule has 0 aromatic rings. The molecule has 12 heavy (non-hydrogen) atoms. The van der Waals surface area contributed by atoms with E-state index in [1.807, 2.05) is 0 Å². The van der Waals surface area contributed by atoms with Gasteiger partial charge in [-0.2, -0.15) is 0 Å². The summed E-state index contributed by atoms with van der Waals surface area (Å²) in [6, 6.07) is 0. The Bertz CT molecular complexity index is 158. The standard InChI is InChI=1S/C10H20N2/c1-12-6-9-3-2-8(5-11)4-10(9)7-12/h8-10H,2-7,11H2,1H3/t8-,9+,10+/m0/s1. The largest absolute Gasteiger partial charge is 0.330 e. The van der Waals surface area contributed by atoms with Crippen LogP contribution in [0.4, 0.5) is 0 Å². The molecule has 0 unspecified atom stereocenters. The van der Waals surface area contributed by atoms with E-state index in [0.717, 1.165) is 24.3 Å². The van der Waals surface area contributed by atoms with Gasteiger partial charge < -0.3 is 10.6 Å². The molecule has 1 saturated carbocycles. The molecule has 70 valence electrons. The van der Waals surface area contributed by atoms with Gasteiger partial charge in [0.05, 0.1) is 0 Å². The molecule has 2 aliphatic rings. The zero-order valence-electron chi connectivity index (χ0n) is 8.00. The smallest absolute Gasteiger partial charge is 0.000996 e. The SMILES string of the molecule is CN1C[C@H]2CC[C@H](CN)C[C@@H]2C1. The average molecular weight is 168 g/mol. The minimum Gasteiger partial charge on any atom is -0.330 e. The summed E-state index contributed by atoms with van der Waals surface area (Å²) in [5, 5.41) is 0. The molecule has 2 N–H and O–H groups in total. The van der Waals surface area contributed by atoms with E-state index < -0.39 is 0 Å². The molecule has 1 heterocycles. The highest BCUT2D eigenvalue weighted by Crippen LogP contribution is 2.37. The van der Waals surface area contributed by atoms with Crippen molar-refractivity contribution >= 4 is 0 Å². The molecule has 2 heteroatoms. The van der Waals surface area contributed by atoms with Crippen LogP contribution in [0.2, 0.25) is 0 Å². The Labute approximate surface area is 75.1 Å². The molecule has 0 amide bonds. The van der Waals surface area contributed by atoms with Crippen LogP contribution in [0.1, 0.15) is 19.3 Å². The summed E-state index contributed by atoms with van der Waals surface area (Å²) >= 11 is 0. The van der Waals surface area contributed by atoms with Crippen molar-refractivity contribution in [2.45, 2.75) is 19.3 Å². The van der Waals surface area contributed by atoms with E-state index in [1.165, 1.54) is 32.4 Å². The molecular weight excluding hydrogens is 148 g/mol. The first-order chi connectivity index (χ1) is 5.79. The minimum absolute atomic E-state index is 0.831. The van der Waals surface area contributed by atoms with Crippen molar-refractivity contribution in [3.63, 3.8) is 0 Å². The zero-order chi connectivity index (χ0) is 8.55. The highest BCUT2D eigenvalue weighted by atomic mass is 15.1. The van der Waals surface area contributed by atoms with Crippen LogP contribution >= 0.6 is 0 Å². The van der Waals surface area contributed by atoms with E-state index in [4.69, 9.17) is 5.73 Å². The van der Waals surface area contributed by atoms with Gasteiger partial charge in [-0.15, -0.1) is 0 Å². The van der Waals surface area contributed by atoms with Crippen molar-refractivity contribution < 1.29 is 0 Å². The molecule has 3 atom stereocenters. The molecule has 1 aliphatic heterocycles. The molecule has 0 aromatic carbocycles. The molecule has 0 bridgehead atoms. The molecule has 1 saturated heterocycles. The maximum absolute atomic E-state index is 5.71. The average Bonchev–Trinajstić information content (AvgIpc) is 2.43. The summed E-state index contributed by atoms with van der Waals surface area (Å²) in [5.74, 6) is 2.80. The molecule has 2 nitrogen and oxygen atoms in total. The minimum atomic E-state index is 0.831. The predicted molar refractivity (Wildman–Crippen MR) is 50.9 cm³/mol. The van der Waals surface area contributed by atoms with Gasteiger partial charge in [-0.25, -0.2) is 0 Å². The molecule has 1 aliphatic carbocycles. The van der Waals surface area contributed by atoms with Crippen LogP contribution in [0.5, 0.6) is 0 Å². The Hall–Kier alpha value is -0.0800. The second kappa shape index (κ2) is 3.35. The van der Waals surface area contributed by atoms with E-state index in [9.17, 15) is 0 Å². The normalized spacial score (nSPS) is 43.0. The van der Waals surface area contributed by atoms with Gasteiger partial charge in [0, 0.05) is 13.1 Å². The number of rotatable bonds is 1. The van der Waals surface area contributed by atoms with Gasteiger partial charge in [0.15, 0.2) is 0 Å². The lowest BCUT2D eigenvalue weighted by Gasteiger charge is -2.30. The fourth-order valence-electron chi connectivity index (χ4n) is 2.98. The van der Waals surface area contributed by atoms with Crippen LogP contribution in [0.15, 0.2) is 0 Å². The summed E-state index contributed by atoms with van der Waals surface area (Å²) in [6.07, 6.45) is 4.20. The number of likely N-dealkylation sites (tertiary alicyclic amines) is 1. The second-order valence-corrected chi connectivity index (χ2v) is 4.66. The number of nitrogens with zero attached hydrogens (tertiary/aromatic N) is 1. The fourth-order valence-corrected chi connectivity index (χ4v) is 2.98. The summed E-state index contributed by atoms with van der Waals surface area (Å²) < 4.78 is 0. The molecule has 2 fully saturated rings. The van der Waals surface area contributed by atoms with E-state index in [-0.39, 0.29) is 0 Å². The number of nitrogens with two attached hydrogens (primary N) is 1. The Morgan fingerprint density at radius 1 is 1.25 bits per heavy atom. The van der Waals surface area contributed by atoms with Crippen molar-refractivity contribution in [2.24, 2.45) is 23.5 Å². The van der Waals surface area contributed by atoms with Gasteiger partial charge in [-0.05, 0) is 50.6 Å². The van der Waals surface area contributed by atoms with Gasteiger partial charge >= 0.3 is 0 Å². The van der Waals surface area contributed by atoms with Gasteiger partial charge in [0.2, 0.25) is 0 Å². The van der Waals surface area contributed by atoms with Gasteiger partial charge in [-0.1, -0.05) is 0 Å². The Morgan fingerprint density at radius 3 is 2.75 bits per heavy atom. The first-order valence-corrected chi connectivity index (χ1v) is 5.18. The summed E-state index contributed by atoms with van der Waals surface area (Å²) in [4.78, 5) is 2.48. The fraction of sp³-hybridized carbons (Fsp3) is 1.00. The van der Waals surface area contributed by atoms with E-state index >= 15 is 0 Å². The van der Waals surface area contributed by atoms with Crippen molar-refractivity contribution in [2.75, 3.05) is 26.7 Å². The van der Waals surface area contributed by atoms with E-state index in [1.54, 1.807) is 0 Å². The molecule has 0 radical (unpaired) electrons. The van der Waals surface area contributed by atoms with Gasteiger partial charge in [0.25, 0.3) is 0 Å². The number of fused-ring (bicyclic) bond motifs is 1. The first kappa shape index (κ1) is 8.52. The highest BCUT2D eigenvalue weighted by molar-refractivity contribution is 4.88. The van der Waals surface area contributed by atoms with Crippen molar-refractivity contribution in [1.29, 1.82) is 0 Å². The number of hydrogen-bond acceptors (Lipinski definition) is 2. The van der Waals surface area contributed by atoms with E-state index in [0.29, 0.717) is 0 Å². The Kier molecular flexibility index (Phi) is 2.37. The second-order valence-electron chi connectivity index (χ2n) is 4.66. The highest BCUT2D eigenvalue weighted by Gasteiger charge is 2.35. The Balaban J connectivity index is 1.93. The van der Waals surface area contributed by atoms with Crippen molar-refractivity contribution in [3.05, 3.63) is 0 Å². The van der Waals surface area contributed by atoms with Crippen molar-refractivity contribution in [3.8, 4) is 0 Å². The third kappa shape index (κ3) is 1.50. The molecular formula is C10H20N2. The molecule has 0 spiro atoms. The lowest BCUT2D eigenvalue weighted by molar-refractivity contribution is 0.229. The third-order valence-corrected chi connectivity index (χ3v) is 3.67. The molecule has 2 rings (SSSR count). The van der Waals surface area contributed by atoms with Gasteiger partial charge in [-0.3, -0.25) is 0 Å². The predicted octanol–water partition coefficient (Wildman–Crippen LogP) is 0.923. The lowest BCUT2D eigenvalue weighted by Crippen LogP contribution is -2.27. The summed E-state index contributed by atoms with van der Waals surface area (Å²) in [5.41, 5.74) is 5.71. The van der Waals surface area contributed by atoms with E-state index in [2.05, 4.69) is 11.9 Å². The monoisotopic (exact) mass is 168 g/mol. The Morgan fingerprint density at radius 2 is 2.00 bits per heavy atom. The number of hydrogen-bond donors (Lipinski definition) is 1. The third-order valence-electron chi connectivity index (χ3n) is 3.67. The molecule has 0 aromatic heterocycles. The quantitative estimate of drug-likeness (QED) is 0.631. The maximum atomic E-state index is 5.71. The van der Waals surface area contributed by atoms with Crippen LogP contribution in [0, 0.1) is 17.8 Å². The van der Waals surface area contributed by atoms with Crippen LogP contribution in [0.25, 0.3) is 0 Å². The van der Waals surface area contributed by atoms with Crippen LogP contribution in [-0.4, -0.2) is 31.6 Å². The topological polar surface area (TPSA) is 29.3 Å². The van der Waals surface area contributed by atoms with Gasteiger partial charge in [0.1, 0.15) is 0 Å². The van der Waals surface area contributed by atoms with Crippen molar-refractivity contribution in [1.82, 2.24) is 4.90 Å². The first-order valence-electron chi connectivity index (χ1n) is 5.18.